The largest absolute Gasteiger partial charge is 0.397 e. The Morgan fingerprint density at radius 2 is 2.25 bits per heavy atom. The van der Waals surface area contributed by atoms with Crippen LogP contribution < -0.4 is 15.5 Å². The van der Waals surface area contributed by atoms with Gasteiger partial charge in [0.05, 0.1) is 17.3 Å². The van der Waals surface area contributed by atoms with Crippen molar-refractivity contribution in [2.45, 2.75) is 32.2 Å². The molecule has 0 saturated carbocycles. The summed E-state index contributed by atoms with van der Waals surface area (Å²) in [6, 6.07) is 0. The van der Waals surface area contributed by atoms with Gasteiger partial charge in [-0.1, -0.05) is 6.42 Å². The van der Waals surface area contributed by atoms with Crippen LogP contribution in [0.15, 0.2) is 24.4 Å². The smallest absolute Gasteiger partial charge is 0.274 e. The van der Waals surface area contributed by atoms with E-state index in [1.54, 1.807) is 7.05 Å². The summed E-state index contributed by atoms with van der Waals surface area (Å²) in [4.78, 5) is 19.4. The molecule has 0 spiro atoms. The molecule has 9 heteroatoms. The van der Waals surface area contributed by atoms with Crippen molar-refractivity contribution in [1.29, 1.82) is 0 Å². The third kappa shape index (κ3) is 6.45. The molecule has 2 heterocycles. The fourth-order valence-corrected chi connectivity index (χ4v) is 2.62. The number of rotatable bonds is 10. The minimum atomic E-state index is -0.497. The van der Waals surface area contributed by atoms with Crippen LogP contribution in [0.5, 0.6) is 0 Å². The predicted molar refractivity (Wildman–Crippen MR) is 89.6 cm³/mol. The highest BCUT2D eigenvalue weighted by molar-refractivity contribution is 5.03. The van der Waals surface area contributed by atoms with Crippen LogP contribution in [0.2, 0.25) is 0 Å². The van der Waals surface area contributed by atoms with E-state index in [0.29, 0.717) is 25.4 Å². The van der Waals surface area contributed by atoms with Crippen LogP contribution in [0.1, 0.15) is 31.2 Å². The van der Waals surface area contributed by atoms with Crippen molar-refractivity contribution in [2.24, 2.45) is 0 Å². The summed E-state index contributed by atoms with van der Waals surface area (Å²) in [5.74, 6) is 0.378. The van der Waals surface area contributed by atoms with Crippen molar-refractivity contribution in [3.05, 3.63) is 40.1 Å². The molecule has 24 heavy (non-hydrogen) atoms. The molecule has 0 amide bonds. The molecule has 0 atom stereocenters. The number of nitro groups is 1. The number of likely N-dealkylation sites (tertiary alicyclic amines) is 1. The van der Waals surface area contributed by atoms with Gasteiger partial charge >= 0.3 is 0 Å². The lowest BCUT2D eigenvalue weighted by Crippen LogP contribution is -2.29. The number of aromatic nitrogens is 2. The number of nitrogens with zero attached hydrogens (tertiary/aromatic N) is 4. The third-order valence-corrected chi connectivity index (χ3v) is 3.83. The topological polar surface area (TPSA) is 97.5 Å². The quantitative estimate of drug-likeness (QED) is 0.366. The molecule has 134 valence electrons. The van der Waals surface area contributed by atoms with Crippen LogP contribution in [0, 0.1) is 10.1 Å². The molecule has 1 saturated heterocycles. The van der Waals surface area contributed by atoms with Crippen LogP contribution >= 0.6 is 0 Å². The van der Waals surface area contributed by atoms with E-state index >= 15 is 0 Å². The van der Waals surface area contributed by atoms with E-state index in [4.69, 9.17) is 4.84 Å². The standard InChI is InChI=1S/C15H26N6O3/c1-16-15(13-21(22)23)17-6-5-9-24-20-12-14(10-18-20)11-19-7-3-2-4-8-19/h10,12-13,16-17H,2-9,11H2,1H3. The number of hydrogen-bond acceptors (Lipinski definition) is 7. The first kappa shape index (κ1) is 18.1. The van der Waals surface area contributed by atoms with Crippen molar-refractivity contribution < 1.29 is 9.76 Å². The Morgan fingerprint density at radius 1 is 1.46 bits per heavy atom. The first-order valence-corrected chi connectivity index (χ1v) is 8.33. The van der Waals surface area contributed by atoms with Crippen LogP contribution in [0.4, 0.5) is 0 Å². The van der Waals surface area contributed by atoms with Gasteiger partial charge in [-0.05, 0) is 25.9 Å². The molecule has 1 aliphatic heterocycles. The summed E-state index contributed by atoms with van der Waals surface area (Å²) in [6.45, 7) is 4.28. The lowest BCUT2D eigenvalue weighted by Gasteiger charge is -2.25. The highest BCUT2D eigenvalue weighted by Crippen LogP contribution is 2.12. The molecule has 0 aliphatic carbocycles. The monoisotopic (exact) mass is 338 g/mol. The van der Waals surface area contributed by atoms with Crippen LogP contribution in [0.25, 0.3) is 0 Å². The first-order valence-electron chi connectivity index (χ1n) is 8.33. The Balaban J connectivity index is 1.63. The van der Waals surface area contributed by atoms with Crippen molar-refractivity contribution in [3.8, 4) is 0 Å². The number of hydrogen-bond donors (Lipinski definition) is 2. The molecule has 1 fully saturated rings. The minimum Gasteiger partial charge on any atom is -0.397 e. The van der Waals surface area contributed by atoms with E-state index in [9.17, 15) is 10.1 Å². The second-order valence-electron chi connectivity index (χ2n) is 5.78. The molecule has 1 aliphatic rings. The molecular formula is C15H26N6O3. The summed E-state index contributed by atoms with van der Waals surface area (Å²) in [5, 5.41) is 20.3. The number of nitrogens with one attached hydrogen (secondary N) is 2. The van der Waals surface area contributed by atoms with Crippen LogP contribution in [-0.2, 0) is 6.54 Å². The fraction of sp³-hybridized carbons (Fsp3) is 0.667. The van der Waals surface area contributed by atoms with Crippen LogP contribution in [-0.4, -0.2) is 53.1 Å². The molecule has 1 aromatic heterocycles. The molecule has 2 rings (SSSR count). The molecule has 0 radical (unpaired) electrons. The SMILES string of the molecule is CNC(=C[N+](=O)[O-])NCCCOn1cc(CN2CCCCC2)cn1. The zero-order chi connectivity index (χ0) is 17.2. The summed E-state index contributed by atoms with van der Waals surface area (Å²) in [6.07, 6.45) is 9.24. The maximum absolute atomic E-state index is 10.4. The van der Waals surface area contributed by atoms with Crippen molar-refractivity contribution in [3.63, 3.8) is 0 Å². The van der Waals surface area contributed by atoms with Gasteiger partial charge in [0.15, 0.2) is 5.82 Å². The van der Waals surface area contributed by atoms with E-state index in [2.05, 4.69) is 20.6 Å². The molecular weight excluding hydrogens is 312 g/mol. The summed E-state index contributed by atoms with van der Waals surface area (Å²) >= 11 is 0. The molecule has 0 bridgehead atoms. The maximum Gasteiger partial charge on any atom is 0.274 e. The van der Waals surface area contributed by atoms with Crippen molar-refractivity contribution in [2.75, 3.05) is 33.3 Å². The Bertz CT molecular complexity index is 539. The highest BCUT2D eigenvalue weighted by Gasteiger charge is 2.11. The lowest BCUT2D eigenvalue weighted by molar-refractivity contribution is -0.404. The van der Waals surface area contributed by atoms with Gasteiger partial charge in [0.1, 0.15) is 6.61 Å². The Labute approximate surface area is 141 Å². The maximum atomic E-state index is 10.4. The van der Waals surface area contributed by atoms with Gasteiger partial charge in [0, 0.05) is 32.1 Å². The highest BCUT2D eigenvalue weighted by atomic mass is 16.7. The van der Waals surface area contributed by atoms with Gasteiger partial charge < -0.3 is 15.5 Å². The lowest BCUT2D eigenvalue weighted by atomic mass is 10.1. The summed E-state index contributed by atoms with van der Waals surface area (Å²) in [7, 11) is 1.63. The average Bonchev–Trinajstić information content (AvgIpc) is 3.01. The van der Waals surface area contributed by atoms with Gasteiger partial charge in [0.2, 0.25) is 0 Å². The molecule has 0 unspecified atom stereocenters. The van der Waals surface area contributed by atoms with Gasteiger partial charge in [-0.2, -0.15) is 0 Å². The zero-order valence-electron chi connectivity index (χ0n) is 14.1. The number of piperidine rings is 1. The normalized spacial score (nSPS) is 16.0. The first-order chi connectivity index (χ1) is 11.7. The van der Waals surface area contributed by atoms with E-state index in [-0.39, 0.29) is 0 Å². The second-order valence-corrected chi connectivity index (χ2v) is 5.78. The summed E-state index contributed by atoms with van der Waals surface area (Å²) < 4.78 is 0. The van der Waals surface area contributed by atoms with Gasteiger partial charge in [-0.3, -0.25) is 15.0 Å². The predicted octanol–water partition coefficient (Wildman–Crippen LogP) is 0.572. The van der Waals surface area contributed by atoms with Crippen molar-refractivity contribution >= 4 is 0 Å². The van der Waals surface area contributed by atoms with E-state index in [0.717, 1.165) is 31.4 Å². The van der Waals surface area contributed by atoms with Crippen LogP contribution in [0.3, 0.4) is 0 Å². The Morgan fingerprint density at radius 3 is 2.96 bits per heavy atom. The van der Waals surface area contributed by atoms with Gasteiger partial charge in [-0.25, -0.2) is 0 Å². The van der Waals surface area contributed by atoms with E-state index in [1.807, 2.05) is 12.4 Å². The molecule has 0 aromatic carbocycles. The minimum absolute atomic E-state index is 0.378. The average molecular weight is 338 g/mol. The molecule has 2 N–H and O–H groups in total. The zero-order valence-corrected chi connectivity index (χ0v) is 14.1. The summed E-state index contributed by atoms with van der Waals surface area (Å²) in [5.41, 5.74) is 1.15. The van der Waals surface area contributed by atoms with Gasteiger partial charge in [0.25, 0.3) is 6.20 Å². The van der Waals surface area contributed by atoms with Crippen molar-refractivity contribution in [1.82, 2.24) is 25.5 Å². The second kappa shape index (κ2) is 9.76. The molecule has 1 aromatic rings. The Hall–Kier alpha value is -2.29. The van der Waals surface area contributed by atoms with E-state index < -0.39 is 4.92 Å². The molecule has 9 nitrogen and oxygen atoms in total. The van der Waals surface area contributed by atoms with Gasteiger partial charge in [-0.15, -0.1) is 9.94 Å². The van der Waals surface area contributed by atoms with E-state index in [1.165, 1.54) is 24.1 Å². The Kier molecular flexibility index (Phi) is 7.34. The third-order valence-electron chi connectivity index (χ3n) is 3.83. The fourth-order valence-electron chi connectivity index (χ4n) is 2.62.